The smallest absolute Gasteiger partial charge is 0.241 e. The number of hydrogen-bond donors (Lipinski definition) is 1. The van der Waals surface area contributed by atoms with E-state index in [4.69, 9.17) is 0 Å². The molecule has 6 heteroatoms. The summed E-state index contributed by atoms with van der Waals surface area (Å²) >= 11 is 0. The molecule has 1 amide bonds. The van der Waals surface area contributed by atoms with Crippen molar-refractivity contribution in [3.8, 4) is 0 Å². The fraction of sp³-hybridized carbons (Fsp3) is 0.476. The zero-order valence-corrected chi connectivity index (χ0v) is 16.9. The van der Waals surface area contributed by atoms with E-state index in [0.717, 1.165) is 60.3 Å². The van der Waals surface area contributed by atoms with Crippen molar-refractivity contribution in [2.24, 2.45) is 0 Å². The zero-order chi connectivity index (χ0) is 19.6. The molecule has 1 atom stereocenters. The molecule has 3 rings (SSSR count). The van der Waals surface area contributed by atoms with Crippen LogP contribution in [0.1, 0.15) is 29.6 Å². The maximum atomic E-state index is 12.8. The van der Waals surface area contributed by atoms with Gasteiger partial charge >= 0.3 is 0 Å². The Kier molecular flexibility index (Phi) is 5.75. The minimum Gasteiger partial charge on any atom is -0.354 e. The highest BCUT2D eigenvalue weighted by Crippen LogP contribution is 2.21. The van der Waals surface area contributed by atoms with Gasteiger partial charge < -0.3 is 10.2 Å². The third kappa shape index (κ3) is 4.45. The summed E-state index contributed by atoms with van der Waals surface area (Å²) in [5.41, 5.74) is 4.10. The van der Waals surface area contributed by atoms with Crippen LogP contribution in [0.3, 0.4) is 0 Å². The second-order valence-corrected chi connectivity index (χ2v) is 7.37. The number of amides is 1. The molecule has 27 heavy (non-hydrogen) atoms. The van der Waals surface area contributed by atoms with E-state index in [9.17, 15) is 4.79 Å². The number of para-hydroxylation sites is 1. The van der Waals surface area contributed by atoms with Gasteiger partial charge in [-0.05, 0) is 45.7 Å². The van der Waals surface area contributed by atoms with Gasteiger partial charge in [-0.2, -0.15) is 0 Å². The van der Waals surface area contributed by atoms with E-state index in [1.54, 1.807) is 0 Å². The average molecular weight is 367 g/mol. The summed E-state index contributed by atoms with van der Waals surface area (Å²) < 4.78 is 0. The van der Waals surface area contributed by atoms with E-state index in [0.29, 0.717) is 0 Å². The van der Waals surface area contributed by atoms with Gasteiger partial charge in [-0.25, -0.2) is 9.97 Å². The van der Waals surface area contributed by atoms with Crippen molar-refractivity contribution in [2.75, 3.05) is 36.4 Å². The SMILES string of the molecule is Cc1cc(N2CCN(C(C)C(=O)Nc3c(C)cccc3C)CC2)nc(C)n1. The molecule has 0 aliphatic carbocycles. The van der Waals surface area contributed by atoms with Crippen LogP contribution < -0.4 is 10.2 Å². The Morgan fingerprint density at radius 3 is 2.26 bits per heavy atom. The van der Waals surface area contributed by atoms with Gasteiger partial charge in [0.25, 0.3) is 0 Å². The highest BCUT2D eigenvalue weighted by atomic mass is 16.2. The van der Waals surface area contributed by atoms with Gasteiger partial charge in [0.2, 0.25) is 5.91 Å². The van der Waals surface area contributed by atoms with Gasteiger partial charge in [0.1, 0.15) is 11.6 Å². The topological polar surface area (TPSA) is 61.4 Å². The standard InChI is InChI=1S/C21H29N5O/c1-14-7-6-8-15(2)20(14)24-21(27)17(4)25-9-11-26(12-10-25)19-13-16(3)22-18(5)23-19/h6-8,13,17H,9-12H2,1-5H3,(H,24,27). The van der Waals surface area contributed by atoms with Crippen LogP contribution in [-0.4, -0.2) is 53.0 Å². The molecule has 1 aliphatic heterocycles. The lowest BCUT2D eigenvalue weighted by Crippen LogP contribution is -2.53. The van der Waals surface area contributed by atoms with Crippen LogP contribution in [0.4, 0.5) is 11.5 Å². The second kappa shape index (κ2) is 8.05. The number of anilines is 2. The van der Waals surface area contributed by atoms with E-state index < -0.39 is 0 Å². The molecule has 0 saturated carbocycles. The van der Waals surface area contributed by atoms with Crippen molar-refractivity contribution in [2.45, 2.75) is 40.7 Å². The van der Waals surface area contributed by atoms with Gasteiger partial charge in [-0.15, -0.1) is 0 Å². The van der Waals surface area contributed by atoms with Crippen molar-refractivity contribution < 1.29 is 4.79 Å². The molecular weight excluding hydrogens is 338 g/mol. The molecule has 1 aromatic carbocycles. The summed E-state index contributed by atoms with van der Waals surface area (Å²) in [4.78, 5) is 26.2. The number of aromatic nitrogens is 2. The van der Waals surface area contributed by atoms with Crippen LogP contribution >= 0.6 is 0 Å². The van der Waals surface area contributed by atoms with Crippen molar-refractivity contribution in [1.29, 1.82) is 0 Å². The minimum atomic E-state index is -0.167. The van der Waals surface area contributed by atoms with Crippen LogP contribution in [0.15, 0.2) is 24.3 Å². The Morgan fingerprint density at radius 1 is 1.04 bits per heavy atom. The van der Waals surface area contributed by atoms with Gasteiger partial charge in [0.05, 0.1) is 6.04 Å². The molecule has 0 bridgehead atoms. The van der Waals surface area contributed by atoms with Crippen molar-refractivity contribution >= 4 is 17.4 Å². The first kappa shape index (κ1) is 19.3. The van der Waals surface area contributed by atoms with E-state index in [-0.39, 0.29) is 11.9 Å². The number of benzene rings is 1. The van der Waals surface area contributed by atoms with Crippen molar-refractivity contribution in [3.05, 3.63) is 46.9 Å². The number of hydrogen-bond acceptors (Lipinski definition) is 5. The first-order valence-corrected chi connectivity index (χ1v) is 9.53. The Labute approximate surface area is 161 Å². The first-order chi connectivity index (χ1) is 12.8. The summed E-state index contributed by atoms with van der Waals surface area (Å²) in [6.07, 6.45) is 0. The molecule has 0 spiro atoms. The first-order valence-electron chi connectivity index (χ1n) is 9.53. The Bertz CT molecular complexity index is 787. The third-order valence-electron chi connectivity index (χ3n) is 5.25. The maximum absolute atomic E-state index is 12.8. The average Bonchev–Trinajstić information content (AvgIpc) is 2.63. The van der Waals surface area contributed by atoms with Crippen LogP contribution in [-0.2, 0) is 4.79 Å². The Morgan fingerprint density at radius 2 is 1.67 bits per heavy atom. The third-order valence-corrected chi connectivity index (χ3v) is 5.25. The summed E-state index contributed by atoms with van der Waals surface area (Å²) in [6.45, 7) is 13.3. The molecule has 1 aromatic heterocycles. The largest absolute Gasteiger partial charge is 0.354 e. The fourth-order valence-electron chi connectivity index (χ4n) is 3.60. The van der Waals surface area contributed by atoms with Crippen LogP contribution in [0.5, 0.6) is 0 Å². The summed E-state index contributed by atoms with van der Waals surface area (Å²) in [6, 6.07) is 7.93. The molecule has 2 heterocycles. The summed E-state index contributed by atoms with van der Waals surface area (Å²) in [7, 11) is 0. The second-order valence-electron chi connectivity index (χ2n) is 7.37. The Balaban J connectivity index is 1.61. The van der Waals surface area contributed by atoms with Gasteiger partial charge in [-0.3, -0.25) is 9.69 Å². The number of nitrogens with one attached hydrogen (secondary N) is 1. The molecule has 1 saturated heterocycles. The van der Waals surface area contributed by atoms with Crippen LogP contribution in [0.25, 0.3) is 0 Å². The quantitative estimate of drug-likeness (QED) is 0.900. The molecule has 2 aromatic rings. The molecule has 0 radical (unpaired) electrons. The van der Waals surface area contributed by atoms with Crippen molar-refractivity contribution in [1.82, 2.24) is 14.9 Å². The fourth-order valence-corrected chi connectivity index (χ4v) is 3.60. The van der Waals surface area contributed by atoms with Crippen LogP contribution in [0.2, 0.25) is 0 Å². The monoisotopic (exact) mass is 367 g/mol. The van der Waals surface area contributed by atoms with E-state index in [1.165, 1.54) is 0 Å². The number of carbonyl (C=O) groups is 1. The zero-order valence-electron chi connectivity index (χ0n) is 16.9. The number of nitrogens with zero attached hydrogens (tertiary/aromatic N) is 4. The highest BCUT2D eigenvalue weighted by molar-refractivity contribution is 5.95. The number of carbonyl (C=O) groups excluding carboxylic acids is 1. The lowest BCUT2D eigenvalue weighted by Gasteiger charge is -2.38. The number of rotatable bonds is 4. The van der Waals surface area contributed by atoms with Crippen molar-refractivity contribution in [3.63, 3.8) is 0 Å². The van der Waals surface area contributed by atoms with Gasteiger partial charge in [0, 0.05) is 43.6 Å². The molecule has 1 aliphatic rings. The highest BCUT2D eigenvalue weighted by Gasteiger charge is 2.26. The minimum absolute atomic E-state index is 0.0505. The predicted octanol–water partition coefficient (Wildman–Crippen LogP) is 2.86. The lowest BCUT2D eigenvalue weighted by molar-refractivity contribution is -0.120. The molecule has 1 unspecified atom stereocenters. The lowest BCUT2D eigenvalue weighted by atomic mass is 10.1. The summed E-state index contributed by atoms with van der Waals surface area (Å²) in [5, 5.41) is 3.12. The van der Waals surface area contributed by atoms with Crippen LogP contribution in [0, 0.1) is 27.7 Å². The number of piperazine rings is 1. The molecule has 1 N–H and O–H groups in total. The molecule has 1 fully saturated rings. The van der Waals surface area contributed by atoms with E-state index >= 15 is 0 Å². The predicted molar refractivity (Wildman–Crippen MR) is 109 cm³/mol. The molecular formula is C21H29N5O. The van der Waals surface area contributed by atoms with Gasteiger partial charge in [-0.1, -0.05) is 18.2 Å². The maximum Gasteiger partial charge on any atom is 0.241 e. The van der Waals surface area contributed by atoms with Gasteiger partial charge in [0.15, 0.2) is 0 Å². The summed E-state index contributed by atoms with van der Waals surface area (Å²) in [5.74, 6) is 1.83. The molecule has 6 nitrogen and oxygen atoms in total. The number of aryl methyl sites for hydroxylation is 4. The van der Waals surface area contributed by atoms with E-state index in [1.807, 2.05) is 58.9 Å². The molecule has 144 valence electrons. The van der Waals surface area contributed by atoms with E-state index in [2.05, 4.69) is 25.1 Å². The normalized spacial score (nSPS) is 16.3. The Hall–Kier alpha value is -2.47.